The number of hydrogen-bond acceptors (Lipinski definition) is 6. The highest BCUT2D eigenvalue weighted by atomic mass is 16.6. The van der Waals surface area contributed by atoms with Crippen LogP contribution in [-0.2, 0) is 23.8 Å². The van der Waals surface area contributed by atoms with Crippen LogP contribution >= 0.6 is 0 Å². The van der Waals surface area contributed by atoms with Crippen LogP contribution in [0.25, 0.3) is 0 Å². The summed E-state index contributed by atoms with van der Waals surface area (Å²) in [7, 11) is 1.45. The molecule has 1 aliphatic heterocycles. The van der Waals surface area contributed by atoms with Gasteiger partial charge in [-0.25, -0.2) is 4.79 Å². The summed E-state index contributed by atoms with van der Waals surface area (Å²) < 4.78 is 15.7. The van der Waals surface area contributed by atoms with E-state index in [9.17, 15) is 14.4 Å². The second-order valence-electron chi connectivity index (χ2n) is 8.80. The third-order valence-electron chi connectivity index (χ3n) is 5.84. The van der Waals surface area contributed by atoms with E-state index in [1.807, 2.05) is 0 Å². The molecule has 7 heteroatoms. The first-order valence-corrected chi connectivity index (χ1v) is 12.8. The van der Waals surface area contributed by atoms with Crippen molar-refractivity contribution < 1.29 is 28.6 Å². The number of ether oxygens (including phenoxy) is 3. The number of cyclic esters (lactones) is 2. The molecular weight excluding hydrogens is 410 g/mol. The normalized spacial score (nSPS) is 22.6. The molecule has 1 fully saturated rings. The van der Waals surface area contributed by atoms with E-state index in [1.165, 1.54) is 71.3 Å². The van der Waals surface area contributed by atoms with Crippen LogP contribution in [0, 0.1) is 0 Å². The highest BCUT2D eigenvalue weighted by molar-refractivity contribution is 5.70. The molecule has 1 saturated heterocycles. The lowest BCUT2D eigenvalue weighted by Gasteiger charge is -2.18. The number of carbonyl (C=O) groups excluding carboxylic acids is 3. The third-order valence-corrected chi connectivity index (χ3v) is 5.84. The van der Waals surface area contributed by atoms with E-state index in [2.05, 4.69) is 5.32 Å². The molecule has 0 spiro atoms. The van der Waals surface area contributed by atoms with E-state index in [0.717, 1.165) is 38.5 Å². The zero-order valence-electron chi connectivity index (χ0n) is 20.2. The summed E-state index contributed by atoms with van der Waals surface area (Å²) in [5, 5.41) is 2.35. The third kappa shape index (κ3) is 16.8. The number of nitrogens with one attached hydrogen (secondary N) is 1. The maximum atomic E-state index is 12.2. The molecule has 0 aliphatic carbocycles. The van der Waals surface area contributed by atoms with Crippen molar-refractivity contribution in [3.05, 3.63) is 0 Å². The number of amides is 1. The minimum atomic E-state index is -0.783. The van der Waals surface area contributed by atoms with Gasteiger partial charge in [0.1, 0.15) is 13.2 Å². The molecule has 7 nitrogen and oxygen atoms in total. The van der Waals surface area contributed by atoms with Gasteiger partial charge in [0.25, 0.3) is 0 Å². The van der Waals surface area contributed by atoms with Crippen LogP contribution in [0.15, 0.2) is 0 Å². The summed E-state index contributed by atoms with van der Waals surface area (Å²) in [6, 6.07) is 0. The minimum Gasteiger partial charge on any atom is -0.462 e. The fourth-order valence-electron chi connectivity index (χ4n) is 3.87. The van der Waals surface area contributed by atoms with Gasteiger partial charge in [-0.05, 0) is 12.8 Å². The monoisotopic (exact) mass is 455 g/mol. The molecular formula is C25H45NO6. The minimum absolute atomic E-state index is 0.0957. The van der Waals surface area contributed by atoms with Crippen molar-refractivity contribution in [2.45, 2.75) is 122 Å². The van der Waals surface area contributed by atoms with Crippen molar-refractivity contribution in [2.24, 2.45) is 0 Å². The molecule has 1 atom stereocenters. The molecule has 1 heterocycles. The molecule has 0 saturated carbocycles. The highest BCUT2D eigenvalue weighted by Crippen LogP contribution is 2.15. The van der Waals surface area contributed by atoms with E-state index in [1.54, 1.807) is 0 Å². The fourth-order valence-corrected chi connectivity index (χ4v) is 3.87. The predicted octanol–water partition coefficient (Wildman–Crippen LogP) is 5.83. The number of carbonyl (C=O) groups is 3. The van der Waals surface area contributed by atoms with E-state index < -0.39 is 12.2 Å². The molecule has 32 heavy (non-hydrogen) atoms. The summed E-state index contributed by atoms with van der Waals surface area (Å²) >= 11 is 0. The highest BCUT2D eigenvalue weighted by Gasteiger charge is 2.19. The smallest absolute Gasteiger partial charge is 0.407 e. The van der Waals surface area contributed by atoms with Crippen LogP contribution in [0.1, 0.15) is 116 Å². The van der Waals surface area contributed by atoms with E-state index in [-0.39, 0.29) is 25.2 Å². The molecule has 1 aliphatic rings. The van der Waals surface area contributed by atoms with Gasteiger partial charge >= 0.3 is 18.0 Å². The summed E-state index contributed by atoms with van der Waals surface area (Å²) in [4.78, 5) is 35.6. The van der Waals surface area contributed by atoms with Gasteiger partial charge in [-0.2, -0.15) is 0 Å². The van der Waals surface area contributed by atoms with Gasteiger partial charge in [-0.1, -0.05) is 89.9 Å². The van der Waals surface area contributed by atoms with E-state index in [4.69, 9.17) is 14.2 Å². The average molecular weight is 456 g/mol. The van der Waals surface area contributed by atoms with Crippen LogP contribution in [0.5, 0.6) is 0 Å². The van der Waals surface area contributed by atoms with Crippen molar-refractivity contribution in [3.63, 3.8) is 0 Å². The van der Waals surface area contributed by atoms with Gasteiger partial charge in [0.15, 0.2) is 6.10 Å². The molecule has 0 aromatic heterocycles. The van der Waals surface area contributed by atoms with Gasteiger partial charge < -0.3 is 19.5 Å². The van der Waals surface area contributed by atoms with E-state index in [0.29, 0.717) is 12.8 Å². The quantitative estimate of drug-likeness (QED) is 0.416. The zero-order chi connectivity index (χ0) is 23.3. The Hall–Kier alpha value is -1.79. The predicted molar refractivity (Wildman–Crippen MR) is 124 cm³/mol. The Labute approximate surface area is 194 Å². The Morgan fingerprint density at radius 1 is 0.750 bits per heavy atom. The SMILES string of the molecule is CNC(=O)OCC1COC(=O)CCCCCCCCCCCCCCCCCCC(=O)O1. The summed E-state index contributed by atoms with van der Waals surface area (Å²) in [5.74, 6) is -0.651. The standard InChI is InChI=1S/C25H45NO6/c1-26-25(29)31-21-22-20-30-23(27)18-16-14-12-10-8-6-4-2-3-5-7-9-11-13-15-17-19-24(28)32-22/h22H,2-21H2,1H3,(H,26,29). The molecule has 1 N–H and O–H groups in total. The molecule has 1 rings (SSSR count). The number of hydrogen-bond donors (Lipinski definition) is 1. The van der Waals surface area contributed by atoms with Crippen molar-refractivity contribution in [1.29, 1.82) is 0 Å². The first kappa shape index (κ1) is 28.2. The lowest BCUT2D eigenvalue weighted by atomic mass is 10.0. The topological polar surface area (TPSA) is 90.9 Å². The van der Waals surface area contributed by atoms with Gasteiger partial charge in [-0.15, -0.1) is 0 Å². The average Bonchev–Trinajstić information content (AvgIpc) is 2.79. The number of alkyl carbamates (subject to hydrolysis) is 1. The molecule has 0 radical (unpaired) electrons. The van der Waals surface area contributed by atoms with Gasteiger partial charge in [-0.3, -0.25) is 9.59 Å². The van der Waals surface area contributed by atoms with Crippen molar-refractivity contribution in [1.82, 2.24) is 5.32 Å². The largest absolute Gasteiger partial charge is 0.462 e. The van der Waals surface area contributed by atoms with Gasteiger partial charge in [0, 0.05) is 19.9 Å². The van der Waals surface area contributed by atoms with Crippen molar-refractivity contribution >= 4 is 18.0 Å². The van der Waals surface area contributed by atoms with Crippen LogP contribution in [0.3, 0.4) is 0 Å². The Kier molecular flexibility index (Phi) is 17.5. The zero-order valence-corrected chi connectivity index (χ0v) is 20.2. The van der Waals surface area contributed by atoms with Crippen molar-refractivity contribution in [3.8, 4) is 0 Å². The Balaban J connectivity index is 2.44. The Bertz CT molecular complexity index is 511. The Morgan fingerprint density at radius 2 is 1.16 bits per heavy atom. The fraction of sp³-hybridized carbons (Fsp3) is 0.880. The first-order chi connectivity index (χ1) is 15.6. The molecule has 1 unspecified atom stereocenters. The van der Waals surface area contributed by atoms with Crippen LogP contribution in [0.2, 0.25) is 0 Å². The van der Waals surface area contributed by atoms with E-state index >= 15 is 0 Å². The molecule has 0 aromatic rings. The molecule has 1 amide bonds. The summed E-state index contributed by atoms with van der Waals surface area (Å²) in [5.41, 5.74) is 0. The number of esters is 2. The molecule has 0 aromatic carbocycles. The summed E-state index contributed by atoms with van der Waals surface area (Å²) in [6.07, 6.45) is 18.2. The Morgan fingerprint density at radius 3 is 1.59 bits per heavy atom. The maximum Gasteiger partial charge on any atom is 0.407 e. The maximum absolute atomic E-state index is 12.2. The second-order valence-corrected chi connectivity index (χ2v) is 8.80. The molecule has 0 bridgehead atoms. The van der Waals surface area contributed by atoms with Gasteiger partial charge in [0.2, 0.25) is 0 Å². The van der Waals surface area contributed by atoms with Gasteiger partial charge in [0.05, 0.1) is 0 Å². The van der Waals surface area contributed by atoms with Crippen LogP contribution < -0.4 is 5.32 Å². The van der Waals surface area contributed by atoms with Crippen LogP contribution in [-0.4, -0.2) is 44.4 Å². The number of rotatable bonds is 2. The lowest BCUT2D eigenvalue weighted by Crippen LogP contribution is -2.32. The summed E-state index contributed by atoms with van der Waals surface area (Å²) in [6.45, 7) is -0.236. The van der Waals surface area contributed by atoms with Crippen molar-refractivity contribution in [2.75, 3.05) is 20.3 Å². The second kappa shape index (κ2) is 19.9. The lowest BCUT2D eigenvalue weighted by molar-refractivity contribution is -0.161. The molecule has 186 valence electrons. The first-order valence-electron chi connectivity index (χ1n) is 12.8. The van der Waals surface area contributed by atoms with Crippen LogP contribution in [0.4, 0.5) is 4.79 Å².